The molecule has 0 aliphatic rings. The average Bonchev–Trinajstić information content (AvgIpc) is 1.96. The highest BCUT2D eigenvalue weighted by Crippen LogP contribution is 2.31. The average molecular weight is 372 g/mol. The zero-order chi connectivity index (χ0) is 12.5. The molecule has 0 spiro atoms. The number of nitrogen functional groups attached to an aromatic ring is 1. The smallest absolute Gasteiger partial charge is 0.243 e. The van der Waals surface area contributed by atoms with Gasteiger partial charge in [-0.3, -0.25) is 0 Å². The first-order valence-electron chi connectivity index (χ1n) is 4.51. The molecule has 0 bridgehead atoms. The van der Waals surface area contributed by atoms with Gasteiger partial charge in [0.15, 0.2) is 0 Å². The molecule has 0 radical (unpaired) electrons. The molecule has 1 aromatic carbocycles. The molecule has 0 aromatic heterocycles. The molecule has 0 heterocycles. The van der Waals surface area contributed by atoms with Crippen molar-refractivity contribution < 1.29 is 8.42 Å². The Hall–Kier alpha value is -0.110. The summed E-state index contributed by atoms with van der Waals surface area (Å²) >= 11 is 6.43. The summed E-state index contributed by atoms with van der Waals surface area (Å²) in [4.78, 5) is 0.0735. The Labute approximate surface area is 112 Å². The lowest BCUT2D eigenvalue weighted by Crippen LogP contribution is -2.31. The molecule has 0 saturated heterocycles. The number of halogens is 2. The lowest BCUT2D eigenvalue weighted by atomic mass is 10.3. The highest BCUT2D eigenvalue weighted by Gasteiger charge is 2.22. The molecule has 16 heavy (non-hydrogen) atoms. The van der Waals surface area contributed by atoms with E-state index in [9.17, 15) is 8.42 Å². The molecular formula is C9H12Br2N2O2S. The summed E-state index contributed by atoms with van der Waals surface area (Å²) in [5.41, 5.74) is 5.91. The first kappa shape index (κ1) is 14.0. The second-order valence-electron chi connectivity index (χ2n) is 3.58. The van der Waals surface area contributed by atoms with Crippen LogP contribution in [0.1, 0.15) is 13.8 Å². The van der Waals surface area contributed by atoms with Crippen LogP contribution in [0.25, 0.3) is 0 Å². The summed E-state index contributed by atoms with van der Waals surface area (Å²) in [5, 5.41) is 0. The third-order valence-electron chi connectivity index (χ3n) is 1.70. The highest BCUT2D eigenvalue weighted by atomic mass is 79.9. The summed E-state index contributed by atoms with van der Waals surface area (Å²) < 4.78 is 27.6. The minimum Gasteiger partial charge on any atom is -0.398 e. The van der Waals surface area contributed by atoms with Gasteiger partial charge in [0.2, 0.25) is 10.0 Å². The molecule has 0 saturated carbocycles. The van der Waals surface area contributed by atoms with Crippen molar-refractivity contribution in [1.29, 1.82) is 0 Å². The van der Waals surface area contributed by atoms with Crippen molar-refractivity contribution in [1.82, 2.24) is 4.72 Å². The Balaban J connectivity index is 3.34. The van der Waals surface area contributed by atoms with Gasteiger partial charge in [-0.05, 0) is 41.9 Å². The number of benzene rings is 1. The van der Waals surface area contributed by atoms with Crippen molar-refractivity contribution in [2.45, 2.75) is 24.8 Å². The van der Waals surface area contributed by atoms with Crippen LogP contribution in [0.5, 0.6) is 0 Å². The van der Waals surface area contributed by atoms with E-state index in [0.717, 1.165) is 4.47 Å². The van der Waals surface area contributed by atoms with Crippen LogP contribution in [0, 0.1) is 0 Å². The van der Waals surface area contributed by atoms with Crippen LogP contribution < -0.4 is 10.5 Å². The van der Waals surface area contributed by atoms with E-state index >= 15 is 0 Å². The van der Waals surface area contributed by atoms with Crippen molar-refractivity contribution >= 4 is 47.6 Å². The molecular weight excluding hydrogens is 360 g/mol. The molecule has 0 unspecified atom stereocenters. The van der Waals surface area contributed by atoms with E-state index in [-0.39, 0.29) is 16.6 Å². The molecule has 0 aliphatic carbocycles. The van der Waals surface area contributed by atoms with Gasteiger partial charge >= 0.3 is 0 Å². The number of anilines is 1. The molecule has 90 valence electrons. The second-order valence-corrected chi connectivity index (χ2v) is 7.00. The van der Waals surface area contributed by atoms with Crippen LogP contribution in [0.2, 0.25) is 0 Å². The molecule has 1 aromatic rings. The van der Waals surface area contributed by atoms with Gasteiger partial charge in [-0.25, -0.2) is 13.1 Å². The van der Waals surface area contributed by atoms with Crippen LogP contribution in [0.4, 0.5) is 5.69 Å². The first-order chi connectivity index (χ1) is 7.24. The van der Waals surface area contributed by atoms with E-state index in [0.29, 0.717) is 4.47 Å². The quantitative estimate of drug-likeness (QED) is 0.801. The SMILES string of the molecule is CC(C)NS(=O)(=O)c1c(N)cc(Br)cc1Br. The summed E-state index contributed by atoms with van der Waals surface area (Å²) in [5.74, 6) is 0. The van der Waals surface area contributed by atoms with Gasteiger partial charge in [0.05, 0.1) is 5.69 Å². The minimum atomic E-state index is -3.58. The number of nitrogens with two attached hydrogens (primary N) is 1. The van der Waals surface area contributed by atoms with Crippen LogP contribution in [0.3, 0.4) is 0 Å². The molecule has 0 amide bonds. The summed E-state index contributed by atoms with van der Waals surface area (Å²) in [6.45, 7) is 3.50. The molecule has 0 fully saturated rings. The van der Waals surface area contributed by atoms with Gasteiger partial charge in [0.25, 0.3) is 0 Å². The van der Waals surface area contributed by atoms with Gasteiger partial charge in [-0.2, -0.15) is 0 Å². The first-order valence-corrected chi connectivity index (χ1v) is 7.58. The fraction of sp³-hybridized carbons (Fsp3) is 0.333. The van der Waals surface area contributed by atoms with Gasteiger partial charge in [0.1, 0.15) is 4.90 Å². The Kier molecular flexibility index (Phi) is 4.39. The number of nitrogens with one attached hydrogen (secondary N) is 1. The number of rotatable bonds is 3. The van der Waals surface area contributed by atoms with E-state index in [1.807, 2.05) is 0 Å². The fourth-order valence-corrected chi connectivity index (χ4v) is 4.55. The predicted octanol–water partition coefficient (Wildman–Crippen LogP) is 2.48. The van der Waals surface area contributed by atoms with Gasteiger partial charge in [0, 0.05) is 15.0 Å². The summed E-state index contributed by atoms with van der Waals surface area (Å²) in [6, 6.07) is 3.02. The molecule has 4 nitrogen and oxygen atoms in total. The van der Waals surface area contributed by atoms with E-state index < -0.39 is 10.0 Å². The maximum atomic E-state index is 12.0. The molecule has 7 heteroatoms. The lowest BCUT2D eigenvalue weighted by molar-refractivity contribution is 0.570. The monoisotopic (exact) mass is 370 g/mol. The molecule has 0 atom stereocenters. The Morgan fingerprint density at radius 3 is 2.31 bits per heavy atom. The Bertz CT molecular complexity index is 477. The number of hydrogen-bond donors (Lipinski definition) is 2. The highest BCUT2D eigenvalue weighted by molar-refractivity contribution is 9.11. The van der Waals surface area contributed by atoms with Gasteiger partial charge in [-0.1, -0.05) is 15.9 Å². The van der Waals surface area contributed by atoms with Gasteiger partial charge < -0.3 is 5.73 Å². The molecule has 1 rings (SSSR count). The van der Waals surface area contributed by atoms with E-state index in [1.165, 1.54) is 0 Å². The van der Waals surface area contributed by atoms with Crippen molar-refractivity contribution in [3.63, 3.8) is 0 Å². The predicted molar refractivity (Wildman–Crippen MR) is 71.7 cm³/mol. The van der Waals surface area contributed by atoms with Crippen LogP contribution >= 0.6 is 31.9 Å². The van der Waals surface area contributed by atoms with E-state index in [2.05, 4.69) is 36.6 Å². The largest absolute Gasteiger partial charge is 0.398 e. The third kappa shape index (κ3) is 3.19. The van der Waals surface area contributed by atoms with Crippen LogP contribution in [-0.4, -0.2) is 14.5 Å². The minimum absolute atomic E-state index is 0.0735. The van der Waals surface area contributed by atoms with Crippen LogP contribution in [-0.2, 0) is 10.0 Å². The maximum Gasteiger partial charge on any atom is 0.243 e. The summed E-state index contributed by atoms with van der Waals surface area (Å²) in [7, 11) is -3.58. The van der Waals surface area contributed by atoms with Crippen LogP contribution in [0.15, 0.2) is 26.0 Å². The van der Waals surface area contributed by atoms with Crippen molar-refractivity contribution in [2.75, 3.05) is 5.73 Å². The number of hydrogen-bond acceptors (Lipinski definition) is 3. The van der Waals surface area contributed by atoms with Gasteiger partial charge in [-0.15, -0.1) is 0 Å². The molecule has 3 N–H and O–H groups in total. The third-order valence-corrected chi connectivity index (χ3v) is 4.82. The van der Waals surface area contributed by atoms with Crippen molar-refractivity contribution in [3.05, 3.63) is 21.1 Å². The standard InChI is InChI=1S/C9H12Br2N2O2S/c1-5(2)13-16(14,15)9-7(11)3-6(10)4-8(9)12/h3-5,13H,12H2,1-2H3. The Morgan fingerprint density at radius 2 is 1.88 bits per heavy atom. The maximum absolute atomic E-state index is 12.0. The van der Waals surface area contributed by atoms with Crippen molar-refractivity contribution in [2.24, 2.45) is 0 Å². The number of sulfonamides is 1. The van der Waals surface area contributed by atoms with E-state index in [1.54, 1.807) is 26.0 Å². The normalized spacial score (nSPS) is 12.1. The zero-order valence-corrected chi connectivity index (χ0v) is 12.8. The topological polar surface area (TPSA) is 72.2 Å². The van der Waals surface area contributed by atoms with E-state index in [4.69, 9.17) is 5.73 Å². The van der Waals surface area contributed by atoms with Crippen molar-refractivity contribution in [3.8, 4) is 0 Å². The summed E-state index contributed by atoms with van der Waals surface area (Å²) in [6.07, 6.45) is 0. The zero-order valence-electron chi connectivity index (χ0n) is 8.79. The lowest BCUT2D eigenvalue weighted by Gasteiger charge is -2.13. The fourth-order valence-electron chi connectivity index (χ4n) is 1.23. The second kappa shape index (κ2) is 5.03. The molecule has 0 aliphatic heterocycles. The Morgan fingerprint density at radius 1 is 1.31 bits per heavy atom.